The molecular weight excluding hydrogens is 302 g/mol. The molecule has 1 saturated heterocycles. The van der Waals surface area contributed by atoms with Crippen LogP contribution in [-0.2, 0) is 0 Å². The van der Waals surface area contributed by atoms with E-state index in [2.05, 4.69) is 69.3 Å². The molecule has 3 nitrogen and oxygen atoms in total. The highest BCUT2D eigenvalue weighted by Crippen LogP contribution is 2.24. The molecule has 106 valence electrons. The molecule has 0 bridgehead atoms. The van der Waals surface area contributed by atoms with Gasteiger partial charge in [-0.2, -0.15) is 0 Å². The van der Waals surface area contributed by atoms with Crippen molar-refractivity contribution < 1.29 is 0 Å². The summed E-state index contributed by atoms with van der Waals surface area (Å²) >= 11 is 3.51. The van der Waals surface area contributed by atoms with E-state index in [9.17, 15) is 0 Å². The smallest absolute Gasteiger partial charge is 0.0541 e. The van der Waals surface area contributed by atoms with Gasteiger partial charge in [-0.05, 0) is 44.3 Å². The van der Waals surface area contributed by atoms with Crippen molar-refractivity contribution in [1.82, 2.24) is 10.2 Å². The van der Waals surface area contributed by atoms with Gasteiger partial charge in [0.15, 0.2) is 0 Å². The van der Waals surface area contributed by atoms with Gasteiger partial charge in [0.25, 0.3) is 0 Å². The summed E-state index contributed by atoms with van der Waals surface area (Å²) in [5.74, 6) is 0.690. The highest BCUT2D eigenvalue weighted by atomic mass is 79.9. The summed E-state index contributed by atoms with van der Waals surface area (Å²) < 4.78 is 1.14. The quantitative estimate of drug-likeness (QED) is 0.920. The Labute approximate surface area is 125 Å². The van der Waals surface area contributed by atoms with Crippen LogP contribution in [0.4, 0.5) is 5.69 Å². The maximum absolute atomic E-state index is 3.51. The van der Waals surface area contributed by atoms with E-state index < -0.39 is 0 Å². The number of likely N-dealkylation sites (N-methyl/N-ethyl adjacent to an activating group) is 2. The van der Waals surface area contributed by atoms with E-state index in [-0.39, 0.29) is 0 Å². The molecule has 0 saturated carbocycles. The molecule has 1 fully saturated rings. The molecule has 0 aromatic heterocycles. The van der Waals surface area contributed by atoms with Crippen LogP contribution in [0.15, 0.2) is 28.7 Å². The van der Waals surface area contributed by atoms with Gasteiger partial charge in [0.05, 0.1) is 6.04 Å². The van der Waals surface area contributed by atoms with Crippen LogP contribution in [0.3, 0.4) is 0 Å². The number of nitrogens with one attached hydrogen (secondary N) is 1. The number of anilines is 1. The van der Waals surface area contributed by atoms with E-state index in [0.717, 1.165) is 24.1 Å². The minimum absolute atomic E-state index is 0.529. The van der Waals surface area contributed by atoms with Crippen LogP contribution in [0.5, 0.6) is 0 Å². The van der Waals surface area contributed by atoms with Gasteiger partial charge in [0.1, 0.15) is 0 Å². The fraction of sp³-hybridized carbons (Fsp3) is 0.600. The van der Waals surface area contributed by atoms with Crippen molar-refractivity contribution >= 4 is 21.6 Å². The highest BCUT2D eigenvalue weighted by molar-refractivity contribution is 9.10. The monoisotopic (exact) mass is 325 g/mol. The molecule has 0 radical (unpaired) electrons. The lowest BCUT2D eigenvalue weighted by Crippen LogP contribution is -2.46. The van der Waals surface area contributed by atoms with Gasteiger partial charge in [-0.25, -0.2) is 0 Å². The first-order chi connectivity index (χ1) is 9.10. The summed E-state index contributed by atoms with van der Waals surface area (Å²) in [5.41, 5.74) is 1.32. The Hall–Kier alpha value is -0.580. The van der Waals surface area contributed by atoms with Crippen LogP contribution in [0.1, 0.15) is 6.92 Å². The largest absolute Gasteiger partial charge is 0.366 e. The lowest BCUT2D eigenvalue weighted by molar-refractivity contribution is 0.302. The molecular formula is C15H24BrN3. The lowest BCUT2D eigenvalue weighted by atomic mass is 10.1. The topological polar surface area (TPSA) is 18.5 Å². The second kappa shape index (κ2) is 6.73. The van der Waals surface area contributed by atoms with Gasteiger partial charge in [-0.1, -0.05) is 22.9 Å². The molecule has 0 spiro atoms. The number of nitrogens with zero attached hydrogens (tertiary/aromatic N) is 2. The molecule has 2 atom stereocenters. The zero-order valence-electron chi connectivity index (χ0n) is 12.1. The number of rotatable bonds is 3. The first-order valence-electron chi connectivity index (χ1n) is 6.95. The average molecular weight is 326 g/mol. The number of halogens is 1. The van der Waals surface area contributed by atoms with Gasteiger partial charge < -0.3 is 15.1 Å². The molecule has 1 aromatic rings. The first kappa shape index (κ1) is 14.8. The summed E-state index contributed by atoms with van der Waals surface area (Å²) in [5, 5.41) is 3.33. The molecule has 1 heterocycles. The molecule has 1 N–H and O–H groups in total. The Morgan fingerprint density at radius 1 is 1.21 bits per heavy atom. The molecule has 2 unspecified atom stereocenters. The summed E-state index contributed by atoms with van der Waals surface area (Å²) in [6.07, 6.45) is 0. The number of hydrogen-bond acceptors (Lipinski definition) is 3. The van der Waals surface area contributed by atoms with Crippen LogP contribution in [0.25, 0.3) is 0 Å². The maximum atomic E-state index is 3.51. The molecule has 1 aromatic carbocycles. The molecule has 19 heavy (non-hydrogen) atoms. The Balaban J connectivity index is 2.23. The normalized spacial score (nSPS) is 25.4. The van der Waals surface area contributed by atoms with Crippen molar-refractivity contribution in [2.75, 3.05) is 45.2 Å². The van der Waals surface area contributed by atoms with Crippen LogP contribution in [-0.4, -0.2) is 51.2 Å². The van der Waals surface area contributed by atoms with Crippen molar-refractivity contribution in [2.24, 2.45) is 5.92 Å². The minimum atomic E-state index is 0.529. The fourth-order valence-corrected chi connectivity index (χ4v) is 3.23. The molecule has 4 heteroatoms. The third kappa shape index (κ3) is 3.94. The Bertz CT molecular complexity index is 393. The predicted molar refractivity (Wildman–Crippen MR) is 85.9 cm³/mol. The van der Waals surface area contributed by atoms with E-state index in [4.69, 9.17) is 0 Å². The van der Waals surface area contributed by atoms with Gasteiger partial charge in [-0.15, -0.1) is 0 Å². The Kier molecular flexibility index (Phi) is 5.25. The first-order valence-corrected chi connectivity index (χ1v) is 7.74. The lowest BCUT2D eigenvalue weighted by Gasteiger charge is -2.33. The van der Waals surface area contributed by atoms with Crippen LogP contribution in [0, 0.1) is 5.92 Å². The zero-order chi connectivity index (χ0) is 13.8. The van der Waals surface area contributed by atoms with Crippen LogP contribution >= 0.6 is 15.9 Å². The van der Waals surface area contributed by atoms with Gasteiger partial charge in [0.2, 0.25) is 0 Å². The summed E-state index contributed by atoms with van der Waals surface area (Å²) in [6, 6.07) is 9.21. The second-order valence-electron chi connectivity index (χ2n) is 5.67. The van der Waals surface area contributed by atoms with Crippen LogP contribution < -0.4 is 10.2 Å². The number of hydrogen-bond donors (Lipinski definition) is 1. The number of benzene rings is 1. The predicted octanol–water partition coefficient (Wildman–Crippen LogP) is 2.43. The van der Waals surface area contributed by atoms with Gasteiger partial charge in [0, 0.05) is 36.3 Å². The Morgan fingerprint density at radius 3 is 2.53 bits per heavy atom. The minimum Gasteiger partial charge on any atom is -0.366 e. The van der Waals surface area contributed by atoms with E-state index >= 15 is 0 Å². The van der Waals surface area contributed by atoms with Crippen LogP contribution in [0.2, 0.25) is 0 Å². The van der Waals surface area contributed by atoms with Crippen molar-refractivity contribution in [3.05, 3.63) is 28.7 Å². The second-order valence-corrected chi connectivity index (χ2v) is 6.58. The maximum Gasteiger partial charge on any atom is 0.0541 e. The van der Waals surface area contributed by atoms with Gasteiger partial charge in [-0.3, -0.25) is 0 Å². The summed E-state index contributed by atoms with van der Waals surface area (Å²) in [6.45, 7) is 6.77. The fourth-order valence-electron chi connectivity index (χ4n) is 2.97. The Morgan fingerprint density at radius 2 is 1.89 bits per heavy atom. The van der Waals surface area contributed by atoms with E-state index in [1.165, 1.54) is 12.2 Å². The SMILES string of the molecule is CNCC1CN(C)CC(C)CN1c1ccc(Br)cc1. The van der Waals surface area contributed by atoms with Crippen molar-refractivity contribution in [1.29, 1.82) is 0 Å². The van der Waals surface area contributed by atoms with Crippen molar-refractivity contribution in [2.45, 2.75) is 13.0 Å². The van der Waals surface area contributed by atoms with Gasteiger partial charge >= 0.3 is 0 Å². The van der Waals surface area contributed by atoms with E-state index in [1.807, 2.05) is 7.05 Å². The van der Waals surface area contributed by atoms with Crippen molar-refractivity contribution in [3.63, 3.8) is 0 Å². The van der Waals surface area contributed by atoms with E-state index in [1.54, 1.807) is 0 Å². The molecule has 2 rings (SSSR count). The third-order valence-corrected chi connectivity index (χ3v) is 4.22. The summed E-state index contributed by atoms with van der Waals surface area (Å²) in [7, 11) is 4.26. The summed E-state index contributed by atoms with van der Waals surface area (Å²) in [4.78, 5) is 5.00. The molecule has 0 aliphatic carbocycles. The highest BCUT2D eigenvalue weighted by Gasteiger charge is 2.26. The van der Waals surface area contributed by atoms with Crippen molar-refractivity contribution in [3.8, 4) is 0 Å². The molecule has 0 amide bonds. The molecule has 1 aliphatic heterocycles. The average Bonchev–Trinajstić information content (AvgIpc) is 2.49. The molecule has 1 aliphatic rings. The third-order valence-electron chi connectivity index (χ3n) is 3.69. The van der Waals surface area contributed by atoms with E-state index in [0.29, 0.717) is 12.0 Å². The standard InChI is InChI=1S/C15H24BrN3/c1-12-9-18(3)11-15(8-17-2)19(10-12)14-6-4-13(16)5-7-14/h4-7,12,15,17H,8-11H2,1-3H3. The zero-order valence-corrected chi connectivity index (χ0v) is 13.7.